The normalized spacial score (nSPS) is 19.6. The number of amides is 3. The van der Waals surface area contributed by atoms with Gasteiger partial charge in [0.25, 0.3) is 0 Å². The quantitative estimate of drug-likeness (QED) is 0.770. The number of furan rings is 1. The Morgan fingerprint density at radius 3 is 2.71 bits per heavy atom. The van der Waals surface area contributed by atoms with Gasteiger partial charge >= 0.3 is 0 Å². The Labute approximate surface area is 166 Å². The maximum absolute atomic E-state index is 12.9. The van der Waals surface area contributed by atoms with Gasteiger partial charge in [0.15, 0.2) is 5.25 Å². The zero-order chi connectivity index (χ0) is 19.5. The minimum atomic E-state index is -0.778. The molecule has 146 valence electrons. The van der Waals surface area contributed by atoms with Crippen LogP contribution in [0.1, 0.15) is 18.6 Å². The Hall–Kier alpha value is -2.74. The van der Waals surface area contributed by atoms with Gasteiger partial charge in [0, 0.05) is 23.9 Å². The predicted molar refractivity (Wildman–Crippen MR) is 105 cm³/mol. The van der Waals surface area contributed by atoms with Gasteiger partial charge in [-0.3, -0.25) is 14.4 Å². The third-order valence-corrected chi connectivity index (χ3v) is 6.31. The molecule has 7 nitrogen and oxygen atoms in total. The van der Waals surface area contributed by atoms with Crippen LogP contribution in [0.5, 0.6) is 0 Å². The first-order chi connectivity index (χ1) is 13.6. The summed E-state index contributed by atoms with van der Waals surface area (Å²) in [5.41, 5.74) is 0.744. The summed E-state index contributed by atoms with van der Waals surface area (Å²) in [6, 6.07) is 11.1. The average molecular weight is 399 g/mol. The summed E-state index contributed by atoms with van der Waals surface area (Å²) in [7, 11) is 0. The van der Waals surface area contributed by atoms with Crippen molar-refractivity contribution in [3.8, 4) is 0 Å². The summed E-state index contributed by atoms with van der Waals surface area (Å²) in [6.07, 6.45) is 2.75. The Kier molecular flexibility index (Phi) is 5.38. The van der Waals surface area contributed by atoms with Gasteiger partial charge in [-0.1, -0.05) is 12.1 Å². The van der Waals surface area contributed by atoms with Crippen molar-refractivity contribution in [2.24, 2.45) is 5.92 Å². The molecule has 1 fully saturated rings. The summed E-state index contributed by atoms with van der Waals surface area (Å²) in [5, 5.41) is 4.90. The molecule has 0 radical (unpaired) electrons. The lowest BCUT2D eigenvalue weighted by Gasteiger charge is -2.34. The fourth-order valence-corrected chi connectivity index (χ4v) is 4.55. The molecule has 1 aromatic heterocycles. The van der Waals surface area contributed by atoms with Crippen LogP contribution in [0.4, 0.5) is 5.69 Å². The predicted octanol–water partition coefficient (Wildman–Crippen LogP) is 2.25. The topological polar surface area (TPSA) is 91.7 Å². The van der Waals surface area contributed by atoms with Crippen LogP contribution in [0.2, 0.25) is 0 Å². The highest BCUT2D eigenvalue weighted by molar-refractivity contribution is 8.01. The summed E-state index contributed by atoms with van der Waals surface area (Å²) in [4.78, 5) is 40.1. The molecule has 0 spiro atoms. The van der Waals surface area contributed by atoms with Crippen molar-refractivity contribution in [3.05, 3.63) is 48.4 Å². The zero-order valence-electron chi connectivity index (χ0n) is 15.2. The first kappa shape index (κ1) is 18.6. The van der Waals surface area contributed by atoms with Gasteiger partial charge in [-0.25, -0.2) is 0 Å². The van der Waals surface area contributed by atoms with Gasteiger partial charge in [-0.15, -0.1) is 11.8 Å². The molecule has 3 heterocycles. The van der Waals surface area contributed by atoms with Crippen molar-refractivity contribution in [2.45, 2.75) is 29.5 Å². The minimum absolute atomic E-state index is 0.0257. The van der Waals surface area contributed by atoms with Crippen molar-refractivity contribution < 1.29 is 18.8 Å². The van der Waals surface area contributed by atoms with E-state index in [1.807, 2.05) is 30.3 Å². The number of rotatable bonds is 4. The lowest BCUT2D eigenvalue weighted by Crippen LogP contribution is -2.49. The Morgan fingerprint density at radius 2 is 1.96 bits per heavy atom. The molecule has 4 rings (SSSR count). The second-order valence-corrected chi connectivity index (χ2v) is 8.03. The van der Waals surface area contributed by atoms with E-state index in [-0.39, 0.29) is 23.6 Å². The second-order valence-electron chi connectivity index (χ2n) is 6.88. The SMILES string of the molecule is O=C(NCc1ccco1)C1CCN(C(=O)[C@H]2Sc3ccccc3NC2=O)CC1. The molecule has 2 aromatic rings. The summed E-state index contributed by atoms with van der Waals surface area (Å²) < 4.78 is 5.21. The largest absolute Gasteiger partial charge is 0.467 e. The van der Waals surface area contributed by atoms with E-state index >= 15 is 0 Å². The smallest absolute Gasteiger partial charge is 0.247 e. The van der Waals surface area contributed by atoms with Crippen LogP contribution < -0.4 is 10.6 Å². The maximum atomic E-state index is 12.9. The highest BCUT2D eigenvalue weighted by Gasteiger charge is 2.37. The fraction of sp³-hybridized carbons (Fsp3) is 0.350. The van der Waals surface area contributed by atoms with Gasteiger partial charge in [0.2, 0.25) is 17.7 Å². The Bertz CT molecular complexity index is 875. The highest BCUT2D eigenvalue weighted by atomic mass is 32.2. The van der Waals surface area contributed by atoms with E-state index in [4.69, 9.17) is 4.42 Å². The van der Waals surface area contributed by atoms with E-state index in [9.17, 15) is 14.4 Å². The van der Waals surface area contributed by atoms with Crippen LogP contribution >= 0.6 is 11.8 Å². The Balaban J connectivity index is 1.30. The third-order valence-electron chi connectivity index (χ3n) is 5.05. The van der Waals surface area contributed by atoms with Crippen LogP contribution in [0, 0.1) is 5.92 Å². The number of likely N-dealkylation sites (tertiary alicyclic amines) is 1. The van der Waals surface area contributed by atoms with E-state index in [2.05, 4.69) is 10.6 Å². The third kappa shape index (κ3) is 3.91. The van der Waals surface area contributed by atoms with Crippen molar-refractivity contribution in [3.63, 3.8) is 0 Å². The number of carbonyl (C=O) groups excluding carboxylic acids is 3. The molecule has 2 N–H and O–H groups in total. The molecule has 0 unspecified atom stereocenters. The molecule has 28 heavy (non-hydrogen) atoms. The maximum Gasteiger partial charge on any atom is 0.247 e. The second kappa shape index (κ2) is 8.10. The van der Waals surface area contributed by atoms with Gasteiger partial charge in [-0.05, 0) is 37.1 Å². The Morgan fingerprint density at radius 1 is 1.18 bits per heavy atom. The van der Waals surface area contributed by atoms with E-state index in [1.54, 1.807) is 17.2 Å². The number of para-hydroxylation sites is 1. The van der Waals surface area contributed by atoms with Gasteiger partial charge in [0.1, 0.15) is 5.76 Å². The van der Waals surface area contributed by atoms with E-state index in [1.165, 1.54) is 11.8 Å². The molecular weight excluding hydrogens is 378 g/mol. The fourth-order valence-electron chi connectivity index (χ4n) is 3.47. The van der Waals surface area contributed by atoms with Crippen LogP contribution in [-0.4, -0.2) is 41.0 Å². The summed E-state index contributed by atoms with van der Waals surface area (Å²) >= 11 is 1.29. The molecular formula is C20H21N3O4S. The number of anilines is 1. The molecule has 1 atom stereocenters. The molecule has 0 bridgehead atoms. The number of piperidine rings is 1. The van der Waals surface area contributed by atoms with Crippen molar-refractivity contribution in [2.75, 3.05) is 18.4 Å². The molecule has 8 heteroatoms. The molecule has 0 saturated carbocycles. The molecule has 3 amide bonds. The zero-order valence-corrected chi connectivity index (χ0v) is 16.0. The lowest BCUT2D eigenvalue weighted by molar-refractivity contribution is -0.137. The number of nitrogens with one attached hydrogen (secondary N) is 2. The average Bonchev–Trinajstić information content (AvgIpc) is 3.25. The van der Waals surface area contributed by atoms with Crippen molar-refractivity contribution in [1.29, 1.82) is 0 Å². The van der Waals surface area contributed by atoms with Crippen LogP contribution in [-0.2, 0) is 20.9 Å². The number of benzene rings is 1. The van der Waals surface area contributed by atoms with Crippen LogP contribution in [0.25, 0.3) is 0 Å². The molecule has 2 aliphatic rings. The van der Waals surface area contributed by atoms with E-state index < -0.39 is 5.25 Å². The number of carbonyl (C=O) groups is 3. The molecule has 1 aromatic carbocycles. The highest BCUT2D eigenvalue weighted by Crippen LogP contribution is 2.36. The van der Waals surface area contributed by atoms with Crippen molar-refractivity contribution >= 4 is 35.2 Å². The minimum Gasteiger partial charge on any atom is -0.467 e. The number of thioether (sulfide) groups is 1. The molecule has 1 saturated heterocycles. The number of hydrogen-bond acceptors (Lipinski definition) is 5. The van der Waals surface area contributed by atoms with Gasteiger partial charge in [-0.2, -0.15) is 0 Å². The van der Waals surface area contributed by atoms with Crippen LogP contribution in [0.3, 0.4) is 0 Å². The van der Waals surface area contributed by atoms with E-state index in [0.29, 0.717) is 38.2 Å². The van der Waals surface area contributed by atoms with Crippen molar-refractivity contribution in [1.82, 2.24) is 10.2 Å². The first-order valence-electron chi connectivity index (χ1n) is 9.27. The van der Waals surface area contributed by atoms with Gasteiger partial charge < -0.3 is 20.0 Å². The number of hydrogen-bond donors (Lipinski definition) is 2. The monoisotopic (exact) mass is 399 g/mol. The standard InChI is InChI=1S/C20H21N3O4S/c24-18(21-12-14-4-3-11-27-14)13-7-9-23(10-8-13)20(26)17-19(25)22-15-5-1-2-6-16(15)28-17/h1-6,11,13,17H,7-10,12H2,(H,21,24)(H,22,25)/t17-/m0/s1. The van der Waals surface area contributed by atoms with Crippen LogP contribution in [0.15, 0.2) is 52.0 Å². The number of nitrogens with zero attached hydrogens (tertiary/aromatic N) is 1. The molecule has 2 aliphatic heterocycles. The summed E-state index contributed by atoms with van der Waals surface area (Å²) in [5.74, 6) is 0.0785. The number of fused-ring (bicyclic) bond motifs is 1. The molecule has 0 aliphatic carbocycles. The van der Waals surface area contributed by atoms with E-state index in [0.717, 1.165) is 10.6 Å². The summed E-state index contributed by atoms with van der Waals surface area (Å²) in [6.45, 7) is 1.32. The first-order valence-corrected chi connectivity index (χ1v) is 10.2. The lowest BCUT2D eigenvalue weighted by atomic mass is 9.95. The van der Waals surface area contributed by atoms with Gasteiger partial charge in [0.05, 0.1) is 18.5 Å².